The molecule has 84 valence electrons. The Kier molecular flexibility index (Phi) is 6.75. The second kappa shape index (κ2) is 7.26. The van der Waals surface area contributed by atoms with Crippen molar-refractivity contribution in [1.29, 1.82) is 0 Å². The van der Waals surface area contributed by atoms with Crippen molar-refractivity contribution in [2.45, 2.75) is 19.9 Å². The average Bonchev–Trinajstić information content (AvgIpc) is 2.12. The summed E-state index contributed by atoms with van der Waals surface area (Å²) in [6.45, 7) is 3.29. The van der Waals surface area contributed by atoms with Crippen molar-refractivity contribution in [1.82, 2.24) is 5.32 Å². The van der Waals surface area contributed by atoms with Crippen LogP contribution in [-0.4, -0.2) is 17.6 Å². The molecule has 0 atom stereocenters. The fourth-order valence-electron chi connectivity index (χ4n) is 1.25. The molecule has 0 aliphatic carbocycles. The van der Waals surface area contributed by atoms with E-state index in [-0.39, 0.29) is 18.8 Å². The lowest BCUT2D eigenvalue weighted by Gasteiger charge is -2.03. The summed E-state index contributed by atoms with van der Waals surface area (Å²) in [7, 11) is 0. The maximum Gasteiger partial charge on any atom is 0.304 e. The lowest BCUT2D eigenvalue weighted by Crippen LogP contribution is -2.17. The topological polar surface area (TPSA) is 49.3 Å². The van der Waals surface area contributed by atoms with Crippen LogP contribution in [0.25, 0.3) is 0 Å². The van der Waals surface area contributed by atoms with Gasteiger partial charge in [-0.05, 0) is 12.5 Å². The van der Waals surface area contributed by atoms with Crippen molar-refractivity contribution in [3.05, 3.63) is 35.4 Å². The summed E-state index contributed by atoms with van der Waals surface area (Å²) in [5.74, 6) is -0.762. The largest absolute Gasteiger partial charge is 0.481 e. The summed E-state index contributed by atoms with van der Waals surface area (Å²) in [6.07, 6.45) is 0.172. The Morgan fingerprint density at radius 1 is 1.47 bits per heavy atom. The standard InChI is InChI=1S/C11H15NO2.ClH/c1-9-3-2-4-10(7-9)8-12-6-5-11(13)14;/h2-4,7,12H,5-6,8H2,1H3,(H,13,14);1H. The molecule has 0 heterocycles. The van der Waals surface area contributed by atoms with Crippen molar-refractivity contribution >= 4 is 18.4 Å². The van der Waals surface area contributed by atoms with E-state index in [4.69, 9.17) is 5.11 Å². The number of hydrogen-bond acceptors (Lipinski definition) is 2. The number of aliphatic carboxylic acids is 1. The third kappa shape index (κ3) is 6.10. The molecule has 0 saturated carbocycles. The van der Waals surface area contributed by atoms with Gasteiger partial charge in [0.2, 0.25) is 0 Å². The summed E-state index contributed by atoms with van der Waals surface area (Å²) in [5, 5.41) is 11.5. The van der Waals surface area contributed by atoms with E-state index in [1.165, 1.54) is 11.1 Å². The van der Waals surface area contributed by atoms with E-state index in [1.54, 1.807) is 0 Å². The van der Waals surface area contributed by atoms with Crippen LogP contribution in [-0.2, 0) is 11.3 Å². The maximum atomic E-state index is 10.2. The van der Waals surface area contributed by atoms with E-state index < -0.39 is 5.97 Å². The van der Waals surface area contributed by atoms with Crippen LogP contribution >= 0.6 is 12.4 Å². The fraction of sp³-hybridized carbons (Fsp3) is 0.364. The molecule has 0 aromatic heterocycles. The number of halogens is 1. The van der Waals surface area contributed by atoms with Crippen molar-refractivity contribution in [2.75, 3.05) is 6.54 Å². The minimum Gasteiger partial charge on any atom is -0.481 e. The first-order valence-electron chi connectivity index (χ1n) is 4.66. The van der Waals surface area contributed by atoms with Gasteiger partial charge in [0, 0.05) is 13.1 Å². The Hall–Kier alpha value is -1.06. The van der Waals surface area contributed by atoms with E-state index >= 15 is 0 Å². The van der Waals surface area contributed by atoms with Crippen LogP contribution in [0.5, 0.6) is 0 Å². The Labute approximate surface area is 95.9 Å². The Morgan fingerprint density at radius 3 is 2.80 bits per heavy atom. The third-order valence-electron chi connectivity index (χ3n) is 1.93. The molecule has 0 aliphatic heterocycles. The minimum atomic E-state index is -0.762. The highest BCUT2D eigenvalue weighted by Gasteiger charge is 1.96. The molecule has 0 fully saturated rings. The molecule has 1 aromatic carbocycles. The molecular weight excluding hydrogens is 214 g/mol. The average molecular weight is 230 g/mol. The third-order valence-corrected chi connectivity index (χ3v) is 1.93. The zero-order valence-corrected chi connectivity index (χ0v) is 9.51. The Balaban J connectivity index is 0.00000196. The first kappa shape index (κ1) is 13.9. The summed E-state index contributed by atoms with van der Waals surface area (Å²) in [5.41, 5.74) is 2.41. The minimum absolute atomic E-state index is 0. The molecule has 0 spiro atoms. The molecule has 1 rings (SSSR count). The number of carboxylic acids is 1. The first-order chi connectivity index (χ1) is 6.68. The van der Waals surface area contributed by atoms with E-state index in [2.05, 4.69) is 11.4 Å². The van der Waals surface area contributed by atoms with Gasteiger partial charge in [-0.2, -0.15) is 0 Å². The van der Waals surface area contributed by atoms with Crippen LogP contribution in [0, 0.1) is 6.92 Å². The van der Waals surface area contributed by atoms with Crippen LogP contribution in [0.2, 0.25) is 0 Å². The summed E-state index contributed by atoms with van der Waals surface area (Å²) in [4.78, 5) is 10.2. The van der Waals surface area contributed by atoms with Gasteiger partial charge in [-0.15, -0.1) is 12.4 Å². The van der Waals surface area contributed by atoms with Crippen LogP contribution in [0.1, 0.15) is 17.5 Å². The summed E-state index contributed by atoms with van der Waals surface area (Å²) < 4.78 is 0. The van der Waals surface area contributed by atoms with Gasteiger partial charge in [-0.3, -0.25) is 4.79 Å². The van der Waals surface area contributed by atoms with Gasteiger partial charge in [-0.1, -0.05) is 29.8 Å². The zero-order chi connectivity index (χ0) is 10.4. The Morgan fingerprint density at radius 2 is 2.20 bits per heavy atom. The van der Waals surface area contributed by atoms with Crippen molar-refractivity contribution in [3.63, 3.8) is 0 Å². The SMILES string of the molecule is Cc1cccc(CNCCC(=O)O)c1.Cl. The normalized spacial score (nSPS) is 9.40. The van der Waals surface area contributed by atoms with Crippen LogP contribution in [0.3, 0.4) is 0 Å². The van der Waals surface area contributed by atoms with Gasteiger partial charge in [-0.25, -0.2) is 0 Å². The summed E-state index contributed by atoms with van der Waals surface area (Å²) >= 11 is 0. The molecule has 2 N–H and O–H groups in total. The molecule has 0 aliphatic rings. The molecule has 15 heavy (non-hydrogen) atoms. The predicted octanol–water partition coefficient (Wildman–Crippen LogP) is 1.98. The molecule has 4 heteroatoms. The number of carboxylic acid groups (broad SMARTS) is 1. The van der Waals surface area contributed by atoms with Crippen LogP contribution in [0.15, 0.2) is 24.3 Å². The van der Waals surface area contributed by atoms with Gasteiger partial charge < -0.3 is 10.4 Å². The van der Waals surface area contributed by atoms with Gasteiger partial charge in [0.05, 0.1) is 6.42 Å². The molecule has 3 nitrogen and oxygen atoms in total. The van der Waals surface area contributed by atoms with E-state index in [9.17, 15) is 4.79 Å². The van der Waals surface area contributed by atoms with Crippen LogP contribution < -0.4 is 5.32 Å². The van der Waals surface area contributed by atoms with Crippen molar-refractivity contribution in [2.24, 2.45) is 0 Å². The van der Waals surface area contributed by atoms with Gasteiger partial charge in [0.25, 0.3) is 0 Å². The van der Waals surface area contributed by atoms with E-state index in [0.717, 1.165) is 6.54 Å². The molecule has 0 amide bonds. The molecule has 0 unspecified atom stereocenters. The molecule has 0 bridgehead atoms. The highest BCUT2D eigenvalue weighted by Crippen LogP contribution is 2.02. The number of aryl methyl sites for hydroxylation is 1. The molecule has 1 aromatic rings. The first-order valence-corrected chi connectivity index (χ1v) is 4.66. The van der Waals surface area contributed by atoms with Gasteiger partial charge in [0.1, 0.15) is 0 Å². The molecule has 0 radical (unpaired) electrons. The lowest BCUT2D eigenvalue weighted by molar-refractivity contribution is -0.136. The number of benzene rings is 1. The fourth-order valence-corrected chi connectivity index (χ4v) is 1.25. The second-order valence-corrected chi connectivity index (χ2v) is 3.31. The number of nitrogens with one attached hydrogen (secondary N) is 1. The Bertz CT molecular complexity index is 315. The highest BCUT2D eigenvalue weighted by atomic mass is 35.5. The monoisotopic (exact) mass is 229 g/mol. The zero-order valence-electron chi connectivity index (χ0n) is 8.69. The van der Waals surface area contributed by atoms with Crippen LogP contribution in [0.4, 0.5) is 0 Å². The number of carbonyl (C=O) groups is 1. The molecule has 0 saturated heterocycles. The second-order valence-electron chi connectivity index (χ2n) is 3.31. The van der Waals surface area contributed by atoms with Gasteiger partial charge in [0.15, 0.2) is 0 Å². The van der Waals surface area contributed by atoms with Crippen molar-refractivity contribution < 1.29 is 9.90 Å². The predicted molar refractivity (Wildman–Crippen MR) is 62.4 cm³/mol. The van der Waals surface area contributed by atoms with E-state index in [1.807, 2.05) is 25.1 Å². The van der Waals surface area contributed by atoms with Gasteiger partial charge >= 0.3 is 5.97 Å². The summed E-state index contributed by atoms with van der Waals surface area (Å²) in [6, 6.07) is 8.17. The number of rotatable bonds is 5. The smallest absolute Gasteiger partial charge is 0.304 e. The van der Waals surface area contributed by atoms with E-state index in [0.29, 0.717) is 6.54 Å². The number of hydrogen-bond donors (Lipinski definition) is 2. The highest BCUT2D eigenvalue weighted by molar-refractivity contribution is 5.85. The maximum absolute atomic E-state index is 10.2. The quantitative estimate of drug-likeness (QED) is 0.760. The van der Waals surface area contributed by atoms with Crippen molar-refractivity contribution in [3.8, 4) is 0 Å². The molecular formula is C11H16ClNO2. The lowest BCUT2D eigenvalue weighted by atomic mass is 10.1.